The summed E-state index contributed by atoms with van der Waals surface area (Å²) < 4.78 is 0. The van der Waals surface area contributed by atoms with Crippen LogP contribution >= 0.6 is 11.8 Å². The Morgan fingerprint density at radius 2 is 1.56 bits per heavy atom. The average molecular weight is 476 g/mol. The maximum absolute atomic E-state index is 12.5. The van der Waals surface area contributed by atoms with Gasteiger partial charge in [-0.05, 0) is 47.4 Å². The van der Waals surface area contributed by atoms with E-state index in [0.717, 1.165) is 54.8 Å². The van der Waals surface area contributed by atoms with Gasteiger partial charge in [0.05, 0.1) is 4.91 Å². The number of hydrogen-bond donors (Lipinski definition) is 0. The van der Waals surface area contributed by atoms with Crippen LogP contribution in [-0.2, 0) is 17.8 Å². The summed E-state index contributed by atoms with van der Waals surface area (Å²) in [6, 6.07) is 19.3. The molecule has 180 valence electrons. The number of aryl methyl sites for hydroxylation is 1. The van der Waals surface area contributed by atoms with Gasteiger partial charge in [0.1, 0.15) is 0 Å². The number of aliphatic imine (C=N–C) groups is 1. The number of benzene rings is 2. The van der Waals surface area contributed by atoms with Gasteiger partial charge in [-0.2, -0.15) is 4.99 Å². The molecule has 1 fully saturated rings. The minimum absolute atomic E-state index is 0.108. The van der Waals surface area contributed by atoms with Crippen LogP contribution in [0, 0.1) is 0 Å². The summed E-state index contributed by atoms with van der Waals surface area (Å²) in [7, 11) is 0. The van der Waals surface area contributed by atoms with E-state index in [4.69, 9.17) is 0 Å². The van der Waals surface area contributed by atoms with E-state index in [9.17, 15) is 4.79 Å². The van der Waals surface area contributed by atoms with E-state index in [1.165, 1.54) is 61.4 Å². The lowest BCUT2D eigenvalue weighted by molar-refractivity contribution is -0.113. The fraction of sp³-hybridized carbons (Fsp3) is 0.448. The monoisotopic (exact) mass is 475 g/mol. The summed E-state index contributed by atoms with van der Waals surface area (Å²) in [5, 5.41) is 0.857. The number of piperazine rings is 1. The van der Waals surface area contributed by atoms with Gasteiger partial charge in [0.25, 0.3) is 5.91 Å². The quantitative estimate of drug-likeness (QED) is 0.295. The minimum atomic E-state index is -0.108. The second-order valence-corrected chi connectivity index (χ2v) is 10.3. The van der Waals surface area contributed by atoms with E-state index < -0.39 is 0 Å². The van der Waals surface area contributed by atoms with Crippen LogP contribution in [0.4, 0.5) is 0 Å². The Kier molecular flexibility index (Phi) is 9.40. The molecule has 0 unspecified atom stereocenters. The highest BCUT2D eigenvalue weighted by Crippen LogP contribution is 2.31. The number of amidine groups is 1. The molecule has 0 bridgehead atoms. The molecule has 0 atom stereocenters. The zero-order valence-electron chi connectivity index (χ0n) is 20.4. The minimum Gasteiger partial charge on any atom is -0.348 e. The van der Waals surface area contributed by atoms with Crippen LogP contribution in [0.3, 0.4) is 0 Å². The molecular weight excluding hydrogens is 438 g/mol. The standard InChI is InChI=1S/C29H37N3OS/c1-2-3-4-5-6-8-11-24-14-16-25(17-15-24)22-27-28(33)30-29(34-27)32-20-18-31(19-21-32)23-26-12-9-7-10-13-26/h7,9-10,12-17,22H,2-6,8,11,18-21,23H2,1H3. The third-order valence-corrected chi connectivity index (χ3v) is 7.64. The molecule has 1 saturated heterocycles. The molecule has 1 amide bonds. The number of thioether (sulfide) groups is 1. The Morgan fingerprint density at radius 1 is 0.853 bits per heavy atom. The number of rotatable bonds is 10. The molecule has 0 aliphatic carbocycles. The summed E-state index contributed by atoms with van der Waals surface area (Å²) >= 11 is 1.52. The number of unbranched alkanes of at least 4 members (excludes halogenated alkanes) is 5. The molecule has 5 heteroatoms. The maximum atomic E-state index is 12.5. The molecule has 0 N–H and O–H groups in total. The lowest BCUT2D eigenvalue weighted by atomic mass is 10.0. The average Bonchev–Trinajstić information content (AvgIpc) is 3.23. The Morgan fingerprint density at radius 3 is 2.29 bits per heavy atom. The second kappa shape index (κ2) is 12.9. The number of amides is 1. The van der Waals surface area contributed by atoms with E-state index in [1.54, 1.807) is 0 Å². The molecule has 0 saturated carbocycles. The van der Waals surface area contributed by atoms with Crippen molar-refractivity contribution in [1.82, 2.24) is 9.80 Å². The highest BCUT2D eigenvalue weighted by atomic mass is 32.2. The van der Waals surface area contributed by atoms with Gasteiger partial charge in [0, 0.05) is 32.7 Å². The Hall–Kier alpha value is -2.37. The maximum Gasteiger partial charge on any atom is 0.286 e. The molecule has 2 heterocycles. The van der Waals surface area contributed by atoms with Crippen molar-refractivity contribution in [3.05, 3.63) is 76.2 Å². The van der Waals surface area contributed by atoms with Gasteiger partial charge in [-0.3, -0.25) is 9.69 Å². The first-order chi connectivity index (χ1) is 16.7. The molecule has 0 spiro atoms. The Bertz CT molecular complexity index is 976. The van der Waals surface area contributed by atoms with Gasteiger partial charge >= 0.3 is 0 Å². The first-order valence-corrected chi connectivity index (χ1v) is 13.7. The van der Waals surface area contributed by atoms with Crippen molar-refractivity contribution in [3.63, 3.8) is 0 Å². The number of nitrogens with zero attached hydrogens (tertiary/aromatic N) is 3. The third kappa shape index (κ3) is 7.31. The number of carbonyl (C=O) groups is 1. The summed E-state index contributed by atoms with van der Waals surface area (Å²) in [4.78, 5) is 22.4. The summed E-state index contributed by atoms with van der Waals surface area (Å²) in [6.07, 6.45) is 11.1. The van der Waals surface area contributed by atoms with Gasteiger partial charge in [0.2, 0.25) is 0 Å². The fourth-order valence-corrected chi connectivity index (χ4v) is 5.48. The van der Waals surface area contributed by atoms with E-state index in [-0.39, 0.29) is 5.91 Å². The van der Waals surface area contributed by atoms with Gasteiger partial charge in [-0.25, -0.2) is 0 Å². The molecule has 2 aliphatic heterocycles. The van der Waals surface area contributed by atoms with Crippen molar-refractivity contribution in [2.45, 2.75) is 58.4 Å². The fourth-order valence-electron chi connectivity index (χ4n) is 4.51. The molecule has 2 aromatic carbocycles. The van der Waals surface area contributed by atoms with Crippen LogP contribution in [0.2, 0.25) is 0 Å². The smallest absolute Gasteiger partial charge is 0.286 e. The Labute approximate surface area is 209 Å². The van der Waals surface area contributed by atoms with Crippen LogP contribution < -0.4 is 0 Å². The van der Waals surface area contributed by atoms with Crippen molar-refractivity contribution in [3.8, 4) is 0 Å². The molecule has 34 heavy (non-hydrogen) atoms. The highest BCUT2D eigenvalue weighted by molar-refractivity contribution is 8.18. The first-order valence-electron chi connectivity index (χ1n) is 12.8. The van der Waals surface area contributed by atoms with Gasteiger partial charge in [-0.15, -0.1) is 0 Å². The second-order valence-electron chi connectivity index (χ2n) is 9.32. The number of carbonyl (C=O) groups excluding carboxylic acids is 1. The van der Waals surface area contributed by atoms with Crippen LogP contribution in [0.1, 0.15) is 62.1 Å². The largest absolute Gasteiger partial charge is 0.348 e. The summed E-state index contributed by atoms with van der Waals surface area (Å²) in [5.41, 5.74) is 3.81. The van der Waals surface area contributed by atoms with Crippen molar-refractivity contribution >= 4 is 28.9 Å². The van der Waals surface area contributed by atoms with Crippen molar-refractivity contribution in [1.29, 1.82) is 0 Å². The van der Waals surface area contributed by atoms with Crippen molar-refractivity contribution < 1.29 is 4.79 Å². The topological polar surface area (TPSA) is 35.9 Å². The van der Waals surface area contributed by atoms with Gasteiger partial charge < -0.3 is 4.90 Å². The number of hydrogen-bond acceptors (Lipinski definition) is 4. The van der Waals surface area contributed by atoms with Crippen molar-refractivity contribution in [2.24, 2.45) is 4.99 Å². The molecule has 0 aromatic heterocycles. The summed E-state index contributed by atoms with van der Waals surface area (Å²) in [5.74, 6) is -0.108. The zero-order valence-corrected chi connectivity index (χ0v) is 21.2. The molecule has 4 rings (SSSR count). The summed E-state index contributed by atoms with van der Waals surface area (Å²) in [6.45, 7) is 7.03. The molecule has 4 nitrogen and oxygen atoms in total. The normalized spacial score (nSPS) is 18.0. The Balaban J connectivity index is 1.23. The molecule has 0 radical (unpaired) electrons. The van der Waals surface area contributed by atoms with E-state index in [0.29, 0.717) is 0 Å². The first kappa shape index (κ1) is 24.7. The van der Waals surface area contributed by atoms with E-state index in [2.05, 4.69) is 76.3 Å². The van der Waals surface area contributed by atoms with Crippen LogP contribution in [-0.4, -0.2) is 47.1 Å². The van der Waals surface area contributed by atoms with Gasteiger partial charge in [-0.1, -0.05) is 93.6 Å². The highest BCUT2D eigenvalue weighted by Gasteiger charge is 2.28. The van der Waals surface area contributed by atoms with Crippen LogP contribution in [0.15, 0.2) is 64.5 Å². The lowest BCUT2D eigenvalue weighted by Crippen LogP contribution is -2.47. The van der Waals surface area contributed by atoms with Crippen LogP contribution in [0.25, 0.3) is 6.08 Å². The SMILES string of the molecule is CCCCCCCCc1ccc(C=C2SC(N3CCN(Cc4ccccc4)CC3)=NC2=O)cc1. The van der Waals surface area contributed by atoms with Crippen LogP contribution in [0.5, 0.6) is 0 Å². The van der Waals surface area contributed by atoms with E-state index >= 15 is 0 Å². The molecular formula is C29H37N3OS. The zero-order chi connectivity index (χ0) is 23.6. The molecule has 2 aromatic rings. The third-order valence-electron chi connectivity index (χ3n) is 6.60. The van der Waals surface area contributed by atoms with Crippen molar-refractivity contribution in [2.75, 3.05) is 26.2 Å². The lowest BCUT2D eigenvalue weighted by Gasteiger charge is -2.35. The predicted octanol–water partition coefficient (Wildman–Crippen LogP) is 6.38. The molecule has 2 aliphatic rings. The van der Waals surface area contributed by atoms with E-state index in [1.807, 2.05) is 6.08 Å². The predicted molar refractivity (Wildman–Crippen MR) is 145 cm³/mol. The van der Waals surface area contributed by atoms with Gasteiger partial charge in [0.15, 0.2) is 5.17 Å².